The smallest absolute Gasteiger partial charge is 0.255 e. The van der Waals surface area contributed by atoms with Crippen molar-refractivity contribution in [3.05, 3.63) is 27.2 Å². The molecule has 4 heteroatoms. The molecule has 13 heavy (non-hydrogen) atoms. The van der Waals surface area contributed by atoms with Gasteiger partial charge in [-0.3, -0.25) is 4.79 Å². The monoisotopic (exact) mass is 178 g/mol. The van der Waals surface area contributed by atoms with Gasteiger partial charge in [-0.05, 0) is 13.3 Å². The fourth-order valence-corrected chi connectivity index (χ4v) is 1.21. The maximum atomic E-state index is 11.2. The summed E-state index contributed by atoms with van der Waals surface area (Å²) in [6.45, 7) is 3.33. The first-order valence-corrected chi connectivity index (χ1v) is 3.96. The summed E-state index contributed by atoms with van der Waals surface area (Å²) in [6, 6.07) is 1.85. The number of aryl methyl sites for hydroxylation is 1. The van der Waals surface area contributed by atoms with E-state index in [1.54, 1.807) is 13.8 Å². The van der Waals surface area contributed by atoms with Crippen molar-refractivity contribution in [2.24, 2.45) is 0 Å². The van der Waals surface area contributed by atoms with Gasteiger partial charge in [0.15, 0.2) is 0 Å². The molecule has 1 aromatic heterocycles. The number of aromatic nitrogens is 1. The van der Waals surface area contributed by atoms with E-state index in [4.69, 9.17) is 5.26 Å². The SMILES string of the molecule is CCc1c(O)c(C#N)c(C)[nH]c1=O. The zero-order valence-electron chi connectivity index (χ0n) is 7.51. The van der Waals surface area contributed by atoms with Gasteiger partial charge in [-0.2, -0.15) is 5.26 Å². The molecule has 0 radical (unpaired) electrons. The van der Waals surface area contributed by atoms with E-state index >= 15 is 0 Å². The van der Waals surface area contributed by atoms with Gasteiger partial charge < -0.3 is 10.1 Å². The van der Waals surface area contributed by atoms with Crippen molar-refractivity contribution in [1.82, 2.24) is 4.98 Å². The van der Waals surface area contributed by atoms with Crippen LogP contribution in [0.25, 0.3) is 0 Å². The Kier molecular flexibility index (Phi) is 2.38. The zero-order valence-corrected chi connectivity index (χ0v) is 7.51. The minimum absolute atomic E-state index is 0.149. The molecule has 0 fully saturated rings. The normalized spacial score (nSPS) is 9.62. The Labute approximate surface area is 75.5 Å². The number of nitrogens with zero attached hydrogens (tertiary/aromatic N) is 1. The maximum absolute atomic E-state index is 11.2. The van der Waals surface area contributed by atoms with Crippen molar-refractivity contribution in [3.63, 3.8) is 0 Å². The third-order valence-corrected chi connectivity index (χ3v) is 1.94. The standard InChI is InChI=1S/C9H10N2O2/c1-3-6-8(12)7(4-10)5(2)11-9(6)13/h3H2,1-2H3,(H2,11,12,13). The van der Waals surface area contributed by atoms with E-state index in [0.717, 1.165) is 0 Å². The van der Waals surface area contributed by atoms with Crippen LogP contribution >= 0.6 is 0 Å². The van der Waals surface area contributed by atoms with Crippen LogP contribution in [0.1, 0.15) is 23.7 Å². The van der Waals surface area contributed by atoms with Gasteiger partial charge in [0, 0.05) is 5.69 Å². The number of pyridine rings is 1. The summed E-state index contributed by atoms with van der Waals surface area (Å²) in [5.74, 6) is -0.189. The molecule has 0 unspecified atom stereocenters. The highest BCUT2D eigenvalue weighted by atomic mass is 16.3. The summed E-state index contributed by atoms with van der Waals surface area (Å²) in [5.41, 5.74) is 0.498. The highest BCUT2D eigenvalue weighted by Gasteiger charge is 2.12. The number of aromatic hydroxyl groups is 1. The summed E-state index contributed by atoms with van der Waals surface area (Å²) in [5, 5.41) is 18.2. The van der Waals surface area contributed by atoms with Crippen LogP contribution in [0.15, 0.2) is 4.79 Å². The average Bonchev–Trinajstić information content (AvgIpc) is 2.04. The molecule has 1 aromatic rings. The van der Waals surface area contributed by atoms with Gasteiger partial charge in [0.25, 0.3) is 5.56 Å². The lowest BCUT2D eigenvalue weighted by atomic mass is 10.1. The van der Waals surface area contributed by atoms with Crippen molar-refractivity contribution in [1.29, 1.82) is 5.26 Å². The van der Waals surface area contributed by atoms with Crippen LogP contribution in [0.3, 0.4) is 0 Å². The molecule has 0 amide bonds. The fourth-order valence-electron chi connectivity index (χ4n) is 1.21. The molecule has 0 aliphatic rings. The number of nitrogens with one attached hydrogen (secondary N) is 1. The van der Waals surface area contributed by atoms with Crippen LogP contribution in [0.4, 0.5) is 0 Å². The third-order valence-electron chi connectivity index (χ3n) is 1.94. The largest absolute Gasteiger partial charge is 0.506 e. The molecular weight excluding hydrogens is 168 g/mol. The van der Waals surface area contributed by atoms with E-state index in [9.17, 15) is 9.90 Å². The van der Waals surface area contributed by atoms with Gasteiger partial charge >= 0.3 is 0 Å². The fraction of sp³-hybridized carbons (Fsp3) is 0.333. The lowest BCUT2D eigenvalue weighted by molar-refractivity contribution is 0.464. The number of rotatable bonds is 1. The average molecular weight is 178 g/mol. The van der Waals surface area contributed by atoms with Crippen molar-refractivity contribution in [3.8, 4) is 11.8 Å². The van der Waals surface area contributed by atoms with Gasteiger partial charge in [0.05, 0.1) is 5.56 Å². The second kappa shape index (κ2) is 3.31. The van der Waals surface area contributed by atoms with Crippen LogP contribution in [0, 0.1) is 18.3 Å². The Morgan fingerprint density at radius 1 is 1.62 bits per heavy atom. The lowest BCUT2D eigenvalue weighted by Crippen LogP contribution is -2.14. The quantitative estimate of drug-likeness (QED) is 0.668. The van der Waals surface area contributed by atoms with Gasteiger partial charge in [0.2, 0.25) is 0 Å². The van der Waals surface area contributed by atoms with Crippen LogP contribution in [-0.2, 0) is 6.42 Å². The molecule has 4 nitrogen and oxygen atoms in total. The first-order chi connectivity index (χ1) is 6.11. The molecule has 68 valence electrons. The Morgan fingerprint density at radius 2 is 2.23 bits per heavy atom. The Balaban J connectivity index is 3.60. The molecule has 1 rings (SSSR count). The predicted molar refractivity (Wildman–Crippen MR) is 47.6 cm³/mol. The van der Waals surface area contributed by atoms with Crippen LogP contribution in [0.5, 0.6) is 5.75 Å². The maximum Gasteiger partial charge on any atom is 0.255 e. The third kappa shape index (κ3) is 1.41. The molecule has 2 N–H and O–H groups in total. The second-order valence-corrected chi connectivity index (χ2v) is 2.75. The molecule has 1 heterocycles. The molecule has 0 atom stereocenters. The molecule has 0 bridgehead atoms. The first kappa shape index (κ1) is 9.33. The first-order valence-electron chi connectivity index (χ1n) is 3.96. The number of nitriles is 1. The topological polar surface area (TPSA) is 76.9 Å². The lowest BCUT2D eigenvalue weighted by Gasteiger charge is -2.04. The van der Waals surface area contributed by atoms with Crippen LogP contribution in [-0.4, -0.2) is 10.1 Å². The molecule has 0 spiro atoms. The van der Waals surface area contributed by atoms with E-state index in [-0.39, 0.29) is 22.4 Å². The summed E-state index contributed by atoms with van der Waals surface area (Å²) in [7, 11) is 0. The van der Waals surface area contributed by atoms with Crippen molar-refractivity contribution < 1.29 is 5.11 Å². The van der Waals surface area contributed by atoms with Crippen molar-refractivity contribution in [2.45, 2.75) is 20.3 Å². The summed E-state index contributed by atoms with van der Waals surface area (Å²) in [6.07, 6.45) is 0.413. The predicted octanol–water partition coefficient (Wildman–Crippen LogP) is 0.823. The second-order valence-electron chi connectivity index (χ2n) is 2.75. The number of hydrogen-bond acceptors (Lipinski definition) is 3. The van der Waals surface area contributed by atoms with Crippen LogP contribution < -0.4 is 5.56 Å². The van der Waals surface area contributed by atoms with E-state index in [0.29, 0.717) is 12.1 Å². The Morgan fingerprint density at radius 3 is 2.69 bits per heavy atom. The van der Waals surface area contributed by atoms with Gasteiger partial charge in [-0.15, -0.1) is 0 Å². The molecule has 0 aliphatic heterocycles. The van der Waals surface area contributed by atoms with Gasteiger partial charge in [-0.25, -0.2) is 0 Å². The van der Waals surface area contributed by atoms with Crippen molar-refractivity contribution in [2.75, 3.05) is 0 Å². The molecule has 0 saturated heterocycles. The van der Waals surface area contributed by atoms with E-state index in [1.165, 1.54) is 0 Å². The molecule has 0 aliphatic carbocycles. The molecule has 0 saturated carbocycles. The Hall–Kier alpha value is -1.76. The molecular formula is C9H10N2O2. The summed E-state index contributed by atoms with van der Waals surface area (Å²) >= 11 is 0. The highest BCUT2D eigenvalue weighted by Crippen LogP contribution is 2.20. The molecule has 0 aromatic carbocycles. The van der Waals surface area contributed by atoms with Gasteiger partial charge in [0.1, 0.15) is 17.4 Å². The van der Waals surface area contributed by atoms with Crippen LogP contribution in [0.2, 0.25) is 0 Å². The van der Waals surface area contributed by atoms with Gasteiger partial charge in [-0.1, -0.05) is 6.92 Å². The highest BCUT2D eigenvalue weighted by molar-refractivity contribution is 5.48. The number of aromatic amines is 1. The summed E-state index contributed by atoms with van der Waals surface area (Å²) in [4.78, 5) is 13.7. The van der Waals surface area contributed by atoms with E-state index in [2.05, 4.69) is 4.98 Å². The minimum atomic E-state index is -0.323. The van der Waals surface area contributed by atoms with E-state index in [1.807, 2.05) is 6.07 Å². The van der Waals surface area contributed by atoms with E-state index < -0.39 is 0 Å². The Bertz CT molecular complexity index is 426. The number of H-pyrrole nitrogens is 1. The van der Waals surface area contributed by atoms with Crippen molar-refractivity contribution >= 4 is 0 Å². The minimum Gasteiger partial charge on any atom is -0.506 e. The zero-order chi connectivity index (χ0) is 10.0. The number of hydrogen-bond donors (Lipinski definition) is 2. The summed E-state index contributed by atoms with van der Waals surface area (Å²) < 4.78 is 0.